The van der Waals surface area contributed by atoms with E-state index >= 15 is 0 Å². The van der Waals surface area contributed by atoms with Gasteiger partial charge in [-0.05, 0) is 18.6 Å². The van der Waals surface area contributed by atoms with Gasteiger partial charge < -0.3 is 10.5 Å². The van der Waals surface area contributed by atoms with Crippen LogP contribution in [-0.4, -0.2) is 17.0 Å². The molecular formula is C5H11NOS2. The van der Waals surface area contributed by atoms with Gasteiger partial charge in [-0.25, -0.2) is 0 Å². The number of hydrogen-bond acceptors (Lipinski definition) is 3. The third-order valence-electron chi connectivity index (χ3n) is 0.945. The lowest BCUT2D eigenvalue weighted by Gasteiger charge is -2.07. The predicted molar refractivity (Wildman–Crippen MR) is 45.8 cm³/mol. The third kappa shape index (κ3) is 6.08. The summed E-state index contributed by atoms with van der Waals surface area (Å²) in [7, 11) is 0. The SMILES string of the molecule is CCC(N)COC(=S)S. The standard InChI is InChI=1S/C5H11NOS2/c1-2-4(6)3-7-5(8)9/h4H,2-3,6H2,1H3,(H,8,9). The summed E-state index contributed by atoms with van der Waals surface area (Å²) in [6.45, 7) is 2.47. The molecule has 2 nitrogen and oxygen atoms in total. The minimum absolute atomic E-state index is 0.0788. The van der Waals surface area contributed by atoms with Crippen LogP contribution in [0.2, 0.25) is 0 Å². The summed E-state index contributed by atoms with van der Waals surface area (Å²) < 4.78 is 5.13. The Kier molecular flexibility index (Phi) is 5.13. The molecule has 0 heterocycles. The summed E-state index contributed by atoms with van der Waals surface area (Å²) in [5, 5.41) is 0. The molecule has 0 aromatic rings. The normalized spacial score (nSPS) is 12.8. The summed E-state index contributed by atoms with van der Waals surface area (Å²) in [6, 6.07) is 0.0788. The van der Waals surface area contributed by atoms with Crippen molar-refractivity contribution in [3.05, 3.63) is 0 Å². The summed E-state index contributed by atoms with van der Waals surface area (Å²) >= 11 is 8.31. The molecule has 9 heavy (non-hydrogen) atoms. The van der Waals surface area contributed by atoms with E-state index < -0.39 is 0 Å². The molecule has 0 bridgehead atoms. The Morgan fingerprint density at radius 2 is 2.44 bits per heavy atom. The Hall–Kier alpha value is 0.200. The second-order valence-electron chi connectivity index (χ2n) is 1.75. The lowest BCUT2D eigenvalue weighted by Crippen LogP contribution is -2.25. The van der Waals surface area contributed by atoms with Gasteiger partial charge in [-0.1, -0.05) is 19.6 Å². The maximum absolute atomic E-state index is 5.50. The minimum atomic E-state index is 0.0788. The maximum Gasteiger partial charge on any atom is 0.216 e. The average molecular weight is 165 g/mol. The van der Waals surface area contributed by atoms with E-state index in [9.17, 15) is 0 Å². The number of thiol groups is 1. The lowest BCUT2D eigenvalue weighted by molar-refractivity contribution is 0.288. The summed E-state index contributed by atoms with van der Waals surface area (Å²) in [4.78, 5) is 0. The van der Waals surface area contributed by atoms with Crippen LogP contribution in [0.1, 0.15) is 13.3 Å². The highest BCUT2D eigenvalue weighted by Crippen LogP contribution is 1.91. The molecule has 4 heteroatoms. The van der Waals surface area contributed by atoms with E-state index in [1.165, 1.54) is 0 Å². The summed E-state index contributed by atoms with van der Waals surface area (Å²) in [5.41, 5.74) is 5.50. The van der Waals surface area contributed by atoms with E-state index in [1.807, 2.05) is 6.92 Å². The Morgan fingerprint density at radius 3 is 2.78 bits per heavy atom. The molecule has 0 amide bonds. The third-order valence-corrected chi connectivity index (χ3v) is 1.19. The van der Waals surface area contributed by atoms with Gasteiger partial charge in [-0.2, -0.15) is 0 Å². The molecular weight excluding hydrogens is 154 g/mol. The van der Waals surface area contributed by atoms with Crippen LogP contribution >= 0.6 is 24.8 Å². The van der Waals surface area contributed by atoms with Crippen molar-refractivity contribution in [2.24, 2.45) is 5.73 Å². The van der Waals surface area contributed by atoms with Gasteiger partial charge in [-0.3, -0.25) is 0 Å². The minimum Gasteiger partial charge on any atom is -0.477 e. The molecule has 0 saturated carbocycles. The highest BCUT2D eigenvalue weighted by atomic mass is 32.1. The molecule has 0 aliphatic rings. The highest BCUT2D eigenvalue weighted by Gasteiger charge is 1.98. The zero-order chi connectivity index (χ0) is 7.28. The quantitative estimate of drug-likeness (QED) is 0.483. The van der Waals surface area contributed by atoms with Crippen LogP contribution in [-0.2, 0) is 4.74 Å². The maximum atomic E-state index is 5.50. The second kappa shape index (κ2) is 5.02. The van der Waals surface area contributed by atoms with Crippen molar-refractivity contribution >= 4 is 29.2 Å². The predicted octanol–water partition coefficient (Wildman–Crippen LogP) is 0.955. The van der Waals surface area contributed by atoms with Gasteiger partial charge in [0.15, 0.2) is 0 Å². The average Bonchev–Trinajstić information content (AvgIpc) is 1.83. The van der Waals surface area contributed by atoms with Crippen molar-refractivity contribution < 1.29 is 4.74 Å². The first-order valence-electron chi connectivity index (χ1n) is 2.78. The lowest BCUT2D eigenvalue weighted by atomic mass is 10.3. The number of thiocarbonyl (C=S) groups is 1. The first kappa shape index (κ1) is 9.20. The fraction of sp³-hybridized carbons (Fsp3) is 0.800. The van der Waals surface area contributed by atoms with E-state index in [4.69, 9.17) is 10.5 Å². The Labute approximate surface area is 66.2 Å². The molecule has 0 fully saturated rings. The molecule has 0 aliphatic heterocycles. The zero-order valence-corrected chi connectivity index (χ0v) is 7.04. The van der Waals surface area contributed by atoms with Crippen LogP contribution in [0.3, 0.4) is 0 Å². The molecule has 54 valence electrons. The van der Waals surface area contributed by atoms with Crippen LogP contribution in [0.15, 0.2) is 0 Å². The first-order valence-corrected chi connectivity index (χ1v) is 3.63. The van der Waals surface area contributed by atoms with Crippen LogP contribution in [0.4, 0.5) is 0 Å². The van der Waals surface area contributed by atoms with Crippen molar-refractivity contribution in [1.29, 1.82) is 0 Å². The van der Waals surface area contributed by atoms with Crippen molar-refractivity contribution in [1.82, 2.24) is 0 Å². The molecule has 0 aliphatic carbocycles. The molecule has 0 spiro atoms. The van der Waals surface area contributed by atoms with E-state index in [0.717, 1.165) is 6.42 Å². The molecule has 0 aromatic heterocycles. The Bertz CT molecular complexity index is 97.0. The van der Waals surface area contributed by atoms with Crippen LogP contribution in [0.25, 0.3) is 0 Å². The van der Waals surface area contributed by atoms with Crippen molar-refractivity contribution in [3.63, 3.8) is 0 Å². The van der Waals surface area contributed by atoms with E-state index in [2.05, 4.69) is 24.8 Å². The fourth-order valence-corrected chi connectivity index (χ4v) is 0.439. The van der Waals surface area contributed by atoms with Crippen LogP contribution < -0.4 is 5.73 Å². The van der Waals surface area contributed by atoms with Crippen LogP contribution in [0.5, 0.6) is 0 Å². The van der Waals surface area contributed by atoms with Gasteiger partial charge in [0.2, 0.25) is 4.38 Å². The number of rotatable bonds is 3. The van der Waals surface area contributed by atoms with Crippen molar-refractivity contribution in [2.45, 2.75) is 19.4 Å². The molecule has 1 atom stereocenters. The van der Waals surface area contributed by atoms with Crippen molar-refractivity contribution in [2.75, 3.05) is 6.61 Å². The number of nitrogens with two attached hydrogens (primary N) is 1. The monoisotopic (exact) mass is 165 g/mol. The van der Waals surface area contributed by atoms with Gasteiger partial charge in [0.1, 0.15) is 6.61 Å². The van der Waals surface area contributed by atoms with Gasteiger partial charge >= 0.3 is 0 Å². The molecule has 0 aromatic carbocycles. The highest BCUT2D eigenvalue weighted by molar-refractivity contribution is 8.10. The van der Waals surface area contributed by atoms with Gasteiger partial charge in [-0.15, -0.1) is 0 Å². The second-order valence-corrected chi connectivity index (χ2v) is 2.82. The van der Waals surface area contributed by atoms with E-state index in [1.54, 1.807) is 0 Å². The number of ether oxygens (including phenoxy) is 1. The Balaban J connectivity index is 3.16. The fourth-order valence-electron chi connectivity index (χ4n) is 0.296. The largest absolute Gasteiger partial charge is 0.477 e. The molecule has 2 N–H and O–H groups in total. The van der Waals surface area contributed by atoms with E-state index in [0.29, 0.717) is 6.61 Å². The van der Waals surface area contributed by atoms with Crippen molar-refractivity contribution in [3.8, 4) is 0 Å². The van der Waals surface area contributed by atoms with Gasteiger partial charge in [0.05, 0.1) is 0 Å². The Morgan fingerprint density at radius 1 is 1.89 bits per heavy atom. The first-order chi connectivity index (χ1) is 4.16. The number of hydrogen-bond donors (Lipinski definition) is 2. The molecule has 1 unspecified atom stereocenters. The van der Waals surface area contributed by atoms with Gasteiger partial charge in [0, 0.05) is 6.04 Å². The van der Waals surface area contributed by atoms with Crippen LogP contribution in [0, 0.1) is 0 Å². The van der Waals surface area contributed by atoms with E-state index in [-0.39, 0.29) is 10.4 Å². The smallest absolute Gasteiger partial charge is 0.216 e. The van der Waals surface area contributed by atoms with Gasteiger partial charge in [0.25, 0.3) is 0 Å². The molecule has 0 saturated heterocycles. The zero-order valence-electron chi connectivity index (χ0n) is 5.33. The topological polar surface area (TPSA) is 35.2 Å². The molecule has 0 radical (unpaired) electrons. The molecule has 0 rings (SSSR count). The summed E-state index contributed by atoms with van der Waals surface area (Å²) in [5.74, 6) is 0. The summed E-state index contributed by atoms with van der Waals surface area (Å²) in [6.07, 6.45) is 0.899.